The van der Waals surface area contributed by atoms with Crippen molar-refractivity contribution >= 4 is 17.7 Å². The molecule has 0 saturated heterocycles. The van der Waals surface area contributed by atoms with Crippen LogP contribution in [0.2, 0.25) is 0 Å². The third-order valence-corrected chi connectivity index (χ3v) is 4.17. The highest BCUT2D eigenvalue weighted by molar-refractivity contribution is 6.14. The maximum absolute atomic E-state index is 12.5. The van der Waals surface area contributed by atoms with Gasteiger partial charge in [0.15, 0.2) is 11.2 Å². The lowest BCUT2D eigenvalue weighted by atomic mass is 9.96. The molecule has 1 saturated carbocycles. The van der Waals surface area contributed by atoms with Crippen molar-refractivity contribution in [2.45, 2.75) is 20.3 Å². The number of carbonyl (C=O) groups is 3. The first-order valence-corrected chi connectivity index (χ1v) is 6.66. The van der Waals surface area contributed by atoms with Crippen LogP contribution in [0, 0.1) is 25.2 Å². The van der Waals surface area contributed by atoms with Crippen molar-refractivity contribution in [3.8, 4) is 0 Å². The summed E-state index contributed by atoms with van der Waals surface area (Å²) in [5.74, 6) is -2.36. The zero-order valence-electron chi connectivity index (χ0n) is 12.6. The van der Waals surface area contributed by atoms with Crippen LogP contribution in [0.1, 0.15) is 27.9 Å². The van der Waals surface area contributed by atoms with E-state index in [1.165, 1.54) is 14.2 Å². The number of Topliss-reactive ketones (excluding diaryl/α,β-unsaturated/α-hetero) is 1. The highest BCUT2D eigenvalue weighted by Crippen LogP contribution is 2.55. The Balaban J connectivity index is 2.30. The number of hydrogen-bond donors (Lipinski definition) is 0. The molecular weight excluding hydrogens is 272 g/mol. The minimum atomic E-state index is -1.47. The summed E-state index contributed by atoms with van der Waals surface area (Å²) in [7, 11) is 2.39. The number of hydrogen-bond acceptors (Lipinski definition) is 5. The van der Waals surface area contributed by atoms with Crippen molar-refractivity contribution in [1.82, 2.24) is 0 Å². The van der Waals surface area contributed by atoms with Crippen molar-refractivity contribution in [3.63, 3.8) is 0 Å². The van der Waals surface area contributed by atoms with E-state index in [1.54, 1.807) is 12.1 Å². The number of rotatable bonds is 4. The molecule has 1 unspecified atom stereocenters. The molecular formula is C16H18O5. The fourth-order valence-corrected chi connectivity index (χ4v) is 2.57. The Hall–Kier alpha value is -2.17. The highest BCUT2D eigenvalue weighted by Gasteiger charge is 2.70. The molecule has 21 heavy (non-hydrogen) atoms. The summed E-state index contributed by atoms with van der Waals surface area (Å²) in [6.07, 6.45) is 0.137. The van der Waals surface area contributed by atoms with E-state index in [2.05, 4.69) is 9.47 Å². The molecule has 0 heterocycles. The van der Waals surface area contributed by atoms with E-state index >= 15 is 0 Å². The van der Waals surface area contributed by atoms with E-state index in [9.17, 15) is 14.4 Å². The predicted molar refractivity (Wildman–Crippen MR) is 74.8 cm³/mol. The van der Waals surface area contributed by atoms with Crippen LogP contribution in [0.15, 0.2) is 18.2 Å². The summed E-state index contributed by atoms with van der Waals surface area (Å²) in [5.41, 5.74) is 1.09. The maximum Gasteiger partial charge on any atom is 0.324 e. The van der Waals surface area contributed by atoms with Crippen LogP contribution in [0.3, 0.4) is 0 Å². The molecule has 0 aromatic heterocycles. The van der Waals surface area contributed by atoms with Crippen molar-refractivity contribution in [2.75, 3.05) is 14.2 Å². The molecule has 0 amide bonds. The molecule has 1 aliphatic rings. The molecule has 2 rings (SSSR count). The lowest BCUT2D eigenvalue weighted by Gasteiger charge is -2.12. The summed E-state index contributed by atoms with van der Waals surface area (Å²) in [6.45, 7) is 3.86. The zero-order chi connectivity index (χ0) is 15.8. The van der Waals surface area contributed by atoms with Gasteiger partial charge >= 0.3 is 11.9 Å². The Bertz CT molecular complexity index is 601. The third kappa shape index (κ3) is 2.33. The monoisotopic (exact) mass is 290 g/mol. The summed E-state index contributed by atoms with van der Waals surface area (Å²) in [5, 5.41) is 0. The Morgan fingerprint density at radius 2 is 1.62 bits per heavy atom. The van der Waals surface area contributed by atoms with Gasteiger partial charge in [0, 0.05) is 5.56 Å². The van der Waals surface area contributed by atoms with Gasteiger partial charge in [0.1, 0.15) is 0 Å². The molecule has 5 heteroatoms. The molecule has 1 fully saturated rings. The molecule has 112 valence electrons. The second kappa shape index (κ2) is 5.31. The largest absolute Gasteiger partial charge is 0.468 e. The number of ketones is 1. The molecule has 0 aliphatic heterocycles. The summed E-state index contributed by atoms with van der Waals surface area (Å²) in [4.78, 5) is 36.3. The quantitative estimate of drug-likeness (QED) is 0.481. The van der Waals surface area contributed by atoms with E-state index in [-0.39, 0.29) is 12.2 Å². The first kappa shape index (κ1) is 15.2. The number of aryl methyl sites for hydroxylation is 2. The smallest absolute Gasteiger partial charge is 0.324 e. The van der Waals surface area contributed by atoms with Crippen molar-refractivity contribution in [3.05, 3.63) is 34.9 Å². The molecule has 1 aliphatic carbocycles. The third-order valence-electron chi connectivity index (χ3n) is 4.17. The minimum Gasteiger partial charge on any atom is -0.468 e. The highest BCUT2D eigenvalue weighted by atomic mass is 16.5. The first-order chi connectivity index (χ1) is 9.88. The molecule has 0 bridgehead atoms. The molecule has 0 N–H and O–H groups in total. The van der Waals surface area contributed by atoms with Gasteiger partial charge < -0.3 is 9.47 Å². The summed E-state index contributed by atoms with van der Waals surface area (Å²) >= 11 is 0. The van der Waals surface area contributed by atoms with Gasteiger partial charge in [-0.25, -0.2) is 0 Å². The van der Waals surface area contributed by atoms with E-state index in [1.807, 2.05) is 19.9 Å². The Morgan fingerprint density at radius 1 is 1.05 bits per heavy atom. The molecule has 1 atom stereocenters. The van der Waals surface area contributed by atoms with Crippen LogP contribution in [-0.2, 0) is 19.1 Å². The SMILES string of the molecule is COC(=O)C1(C(=O)OC)CC1C(=O)c1ccc(C)c(C)c1. The average Bonchev–Trinajstić information content (AvgIpc) is 3.24. The predicted octanol–water partition coefficient (Wildman–Crippen LogP) is 1.84. The van der Waals surface area contributed by atoms with Crippen LogP contribution in [-0.4, -0.2) is 31.9 Å². The Labute approximate surface area is 123 Å². The van der Waals surface area contributed by atoms with Crippen LogP contribution < -0.4 is 0 Å². The number of methoxy groups -OCH3 is 2. The van der Waals surface area contributed by atoms with Gasteiger partial charge in [0.2, 0.25) is 0 Å². The van der Waals surface area contributed by atoms with Crippen LogP contribution in [0.25, 0.3) is 0 Å². The Morgan fingerprint density at radius 3 is 2.10 bits per heavy atom. The lowest BCUT2D eigenvalue weighted by molar-refractivity contribution is -0.161. The molecule has 5 nitrogen and oxygen atoms in total. The minimum absolute atomic E-state index is 0.137. The van der Waals surface area contributed by atoms with Gasteiger partial charge in [-0.05, 0) is 37.5 Å². The van der Waals surface area contributed by atoms with E-state index in [4.69, 9.17) is 0 Å². The summed E-state index contributed by atoms with van der Waals surface area (Å²) < 4.78 is 9.34. The van der Waals surface area contributed by atoms with Crippen molar-refractivity contribution in [1.29, 1.82) is 0 Å². The van der Waals surface area contributed by atoms with Crippen LogP contribution in [0.5, 0.6) is 0 Å². The standard InChI is InChI=1S/C16H18O5/c1-9-5-6-11(7-10(9)2)13(17)12-8-16(12,14(18)20-3)15(19)21-4/h5-7,12H,8H2,1-4H3. The van der Waals surface area contributed by atoms with Gasteiger partial charge in [-0.3, -0.25) is 14.4 Å². The average molecular weight is 290 g/mol. The van der Waals surface area contributed by atoms with E-state index in [0.717, 1.165) is 11.1 Å². The normalized spacial score (nSPS) is 18.8. The number of benzene rings is 1. The van der Waals surface area contributed by atoms with Gasteiger partial charge in [-0.2, -0.15) is 0 Å². The second-order valence-electron chi connectivity index (χ2n) is 5.37. The first-order valence-electron chi connectivity index (χ1n) is 6.66. The van der Waals surface area contributed by atoms with Gasteiger partial charge in [0.05, 0.1) is 20.1 Å². The van der Waals surface area contributed by atoms with Crippen LogP contribution in [0.4, 0.5) is 0 Å². The molecule has 0 radical (unpaired) electrons. The van der Waals surface area contributed by atoms with Gasteiger partial charge in [0.25, 0.3) is 0 Å². The van der Waals surface area contributed by atoms with E-state index in [0.29, 0.717) is 5.56 Å². The maximum atomic E-state index is 12.5. The van der Waals surface area contributed by atoms with Gasteiger partial charge in [-0.1, -0.05) is 12.1 Å². The van der Waals surface area contributed by atoms with Crippen molar-refractivity contribution in [2.24, 2.45) is 11.3 Å². The fraction of sp³-hybridized carbons (Fsp3) is 0.438. The Kier molecular flexibility index (Phi) is 3.85. The van der Waals surface area contributed by atoms with Crippen molar-refractivity contribution < 1.29 is 23.9 Å². The fourth-order valence-electron chi connectivity index (χ4n) is 2.57. The summed E-state index contributed by atoms with van der Waals surface area (Å²) in [6, 6.07) is 5.33. The number of esters is 2. The van der Waals surface area contributed by atoms with Crippen LogP contribution >= 0.6 is 0 Å². The molecule has 0 spiro atoms. The number of ether oxygens (including phenoxy) is 2. The van der Waals surface area contributed by atoms with E-state index < -0.39 is 23.3 Å². The zero-order valence-corrected chi connectivity index (χ0v) is 12.6. The topological polar surface area (TPSA) is 69.7 Å². The second-order valence-corrected chi connectivity index (χ2v) is 5.37. The lowest BCUT2D eigenvalue weighted by Crippen LogP contribution is -2.32. The number of carbonyl (C=O) groups excluding carboxylic acids is 3. The molecule has 1 aromatic rings. The molecule has 1 aromatic carbocycles. The van der Waals surface area contributed by atoms with Gasteiger partial charge in [-0.15, -0.1) is 0 Å².